The second-order valence-electron chi connectivity index (χ2n) is 3.85. The van der Waals surface area contributed by atoms with Gasteiger partial charge in [-0.1, -0.05) is 0 Å². The lowest BCUT2D eigenvalue weighted by atomic mass is 9.88. The second kappa shape index (κ2) is 2.90. The quantitative estimate of drug-likeness (QED) is 0.572. The molecule has 1 saturated heterocycles. The number of hydrogen-bond acceptors (Lipinski definition) is 4. The van der Waals surface area contributed by atoms with Gasteiger partial charge in [0.25, 0.3) is 11.8 Å². The minimum absolute atomic E-state index is 0.182. The van der Waals surface area contributed by atoms with Crippen molar-refractivity contribution in [1.82, 2.24) is 9.80 Å². The predicted octanol–water partition coefficient (Wildman–Crippen LogP) is -1.32. The van der Waals surface area contributed by atoms with Gasteiger partial charge in [-0.15, -0.1) is 0 Å². The molecule has 2 rings (SSSR count). The zero-order valence-electron chi connectivity index (χ0n) is 8.14. The van der Waals surface area contributed by atoms with Crippen LogP contribution in [0, 0.1) is 0 Å². The van der Waals surface area contributed by atoms with Gasteiger partial charge < -0.3 is 10.0 Å². The first-order chi connectivity index (χ1) is 6.97. The Bertz CT molecular complexity index is 364. The summed E-state index contributed by atoms with van der Waals surface area (Å²) in [5.41, 5.74) is -1.37. The Hall–Kier alpha value is -1.69. The van der Waals surface area contributed by atoms with Crippen molar-refractivity contribution in [2.75, 3.05) is 20.1 Å². The number of likely N-dealkylation sites (tertiary alicyclic amines) is 1. The topological polar surface area (TPSA) is 77.9 Å². The third kappa shape index (κ3) is 1.18. The van der Waals surface area contributed by atoms with Crippen LogP contribution in [0.4, 0.5) is 0 Å². The Balaban J connectivity index is 2.32. The molecule has 1 fully saturated rings. The van der Waals surface area contributed by atoms with Crippen LogP contribution in [0.25, 0.3) is 0 Å². The van der Waals surface area contributed by atoms with Gasteiger partial charge in [0.2, 0.25) is 0 Å². The number of carboxylic acid groups (broad SMARTS) is 1. The molecule has 80 valence electrons. The normalized spacial score (nSPS) is 24.5. The molecule has 0 aliphatic carbocycles. The van der Waals surface area contributed by atoms with E-state index in [9.17, 15) is 14.4 Å². The molecular weight excluding hydrogens is 200 g/mol. The summed E-state index contributed by atoms with van der Waals surface area (Å²) in [7, 11) is 1.74. The first kappa shape index (κ1) is 9.85. The van der Waals surface area contributed by atoms with Gasteiger partial charge in [-0.05, 0) is 7.05 Å². The molecule has 2 amide bonds. The number of carbonyl (C=O) groups is 3. The summed E-state index contributed by atoms with van der Waals surface area (Å²) in [6.45, 7) is 0.364. The highest BCUT2D eigenvalue weighted by atomic mass is 16.4. The van der Waals surface area contributed by atoms with E-state index in [2.05, 4.69) is 0 Å². The van der Waals surface area contributed by atoms with Crippen molar-refractivity contribution in [3.8, 4) is 0 Å². The van der Waals surface area contributed by atoms with Crippen molar-refractivity contribution in [3.63, 3.8) is 0 Å². The van der Waals surface area contributed by atoms with E-state index in [-0.39, 0.29) is 13.1 Å². The summed E-state index contributed by atoms with van der Waals surface area (Å²) in [6, 6.07) is 0. The molecule has 0 bridgehead atoms. The minimum atomic E-state index is -1.37. The second-order valence-corrected chi connectivity index (χ2v) is 3.85. The third-order valence-corrected chi connectivity index (χ3v) is 2.70. The standard InChI is InChI=1S/C9H10N2O4/c1-10-4-9(5-10,8(14)15)11-6(12)2-3-7(11)13/h2-3H,4-5H2,1H3,(H,14,15). The smallest absolute Gasteiger partial charge is 0.332 e. The fraction of sp³-hybridized carbons (Fsp3) is 0.444. The Morgan fingerprint density at radius 2 is 1.80 bits per heavy atom. The molecule has 6 nitrogen and oxygen atoms in total. The van der Waals surface area contributed by atoms with E-state index >= 15 is 0 Å². The average molecular weight is 210 g/mol. The molecule has 0 aromatic heterocycles. The summed E-state index contributed by atoms with van der Waals surface area (Å²) in [5.74, 6) is -2.22. The van der Waals surface area contributed by atoms with Crippen LogP contribution in [-0.4, -0.2) is 58.4 Å². The van der Waals surface area contributed by atoms with Gasteiger partial charge >= 0.3 is 5.97 Å². The number of rotatable bonds is 2. The Morgan fingerprint density at radius 3 is 2.13 bits per heavy atom. The van der Waals surface area contributed by atoms with Gasteiger partial charge in [0.05, 0.1) is 0 Å². The van der Waals surface area contributed by atoms with Crippen molar-refractivity contribution in [2.45, 2.75) is 5.54 Å². The van der Waals surface area contributed by atoms with Crippen LogP contribution >= 0.6 is 0 Å². The lowest BCUT2D eigenvalue weighted by molar-refractivity contribution is -0.173. The van der Waals surface area contributed by atoms with Crippen molar-refractivity contribution < 1.29 is 19.5 Å². The number of aliphatic carboxylic acids is 1. The van der Waals surface area contributed by atoms with Gasteiger partial charge in [-0.25, -0.2) is 4.79 Å². The van der Waals surface area contributed by atoms with Crippen LogP contribution in [0.5, 0.6) is 0 Å². The maximum Gasteiger partial charge on any atom is 0.332 e. The predicted molar refractivity (Wildman–Crippen MR) is 48.9 cm³/mol. The van der Waals surface area contributed by atoms with Crippen molar-refractivity contribution in [3.05, 3.63) is 12.2 Å². The molecule has 2 heterocycles. The van der Waals surface area contributed by atoms with Crippen LogP contribution in [0.1, 0.15) is 0 Å². The van der Waals surface area contributed by atoms with Crippen molar-refractivity contribution >= 4 is 17.8 Å². The Kier molecular flexibility index (Phi) is 1.90. The van der Waals surface area contributed by atoms with Crippen LogP contribution in [0.3, 0.4) is 0 Å². The molecular formula is C9H10N2O4. The molecule has 0 aromatic rings. The number of amides is 2. The largest absolute Gasteiger partial charge is 0.479 e. The summed E-state index contributed by atoms with van der Waals surface area (Å²) in [5, 5.41) is 9.10. The highest BCUT2D eigenvalue weighted by molar-refractivity contribution is 6.15. The van der Waals surface area contributed by atoms with E-state index in [1.807, 2.05) is 0 Å². The molecule has 0 atom stereocenters. The fourth-order valence-corrected chi connectivity index (χ4v) is 2.04. The van der Waals surface area contributed by atoms with Crippen molar-refractivity contribution in [2.24, 2.45) is 0 Å². The van der Waals surface area contributed by atoms with E-state index in [4.69, 9.17) is 5.11 Å². The highest BCUT2D eigenvalue weighted by Crippen LogP contribution is 2.29. The number of carbonyl (C=O) groups excluding carboxylic acids is 2. The molecule has 2 aliphatic heterocycles. The van der Waals surface area contributed by atoms with Gasteiger partial charge in [-0.2, -0.15) is 0 Å². The molecule has 0 spiro atoms. The molecule has 6 heteroatoms. The van der Waals surface area contributed by atoms with Crippen LogP contribution in [0.15, 0.2) is 12.2 Å². The molecule has 1 N–H and O–H groups in total. The molecule has 2 aliphatic rings. The van der Waals surface area contributed by atoms with Gasteiger partial charge in [-0.3, -0.25) is 14.5 Å². The number of nitrogens with zero attached hydrogens (tertiary/aromatic N) is 2. The SMILES string of the molecule is CN1CC(C(=O)O)(N2C(=O)C=CC2=O)C1. The Labute approximate surface area is 85.8 Å². The summed E-state index contributed by atoms with van der Waals surface area (Å²) < 4.78 is 0. The molecule has 0 saturated carbocycles. The maximum absolute atomic E-state index is 11.4. The Morgan fingerprint density at radius 1 is 1.33 bits per heavy atom. The van der Waals surface area contributed by atoms with Crippen LogP contribution in [-0.2, 0) is 14.4 Å². The number of imide groups is 1. The van der Waals surface area contributed by atoms with E-state index in [0.717, 1.165) is 17.1 Å². The molecule has 0 unspecified atom stereocenters. The highest BCUT2D eigenvalue weighted by Gasteiger charge is 2.57. The van der Waals surface area contributed by atoms with E-state index < -0.39 is 23.3 Å². The summed E-state index contributed by atoms with van der Waals surface area (Å²) in [4.78, 5) is 36.4. The van der Waals surface area contributed by atoms with Gasteiger partial charge in [0.15, 0.2) is 5.54 Å². The minimum Gasteiger partial charge on any atom is -0.479 e. The molecule has 0 radical (unpaired) electrons. The maximum atomic E-state index is 11.4. The van der Waals surface area contributed by atoms with Crippen molar-refractivity contribution in [1.29, 1.82) is 0 Å². The zero-order chi connectivity index (χ0) is 11.2. The van der Waals surface area contributed by atoms with E-state index in [1.165, 1.54) is 0 Å². The van der Waals surface area contributed by atoms with Gasteiger partial charge in [0, 0.05) is 25.2 Å². The summed E-state index contributed by atoms with van der Waals surface area (Å²) in [6.07, 6.45) is 2.21. The number of carboxylic acids is 1. The number of hydrogen-bond donors (Lipinski definition) is 1. The monoisotopic (exact) mass is 210 g/mol. The summed E-state index contributed by atoms with van der Waals surface area (Å²) >= 11 is 0. The molecule has 15 heavy (non-hydrogen) atoms. The fourth-order valence-electron chi connectivity index (χ4n) is 2.04. The first-order valence-corrected chi connectivity index (χ1v) is 4.45. The van der Waals surface area contributed by atoms with Crippen LogP contribution < -0.4 is 0 Å². The van der Waals surface area contributed by atoms with Crippen LogP contribution in [0.2, 0.25) is 0 Å². The zero-order valence-corrected chi connectivity index (χ0v) is 8.14. The lowest BCUT2D eigenvalue weighted by Crippen LogP contribution is -2.74. The van der Waals surface area contributed by atoms with Gasteiger partial charge in [0.1, 0.15) is 0 Å². The first-order valence-electron chi connectivity index (χ1n) is 4.45. The lowest BCUT2D eigenvalue weighted by Gasteiger charge is -2.49. The molecule has 0 aromatic carbocycles. The number of likely N-dealkylation sites (N-methyl/N-ethyl adjacent to an activating group) is 1. The third-order valence-electron chi connectivity index (χ3n) is 2.70. The van der Waals surface area contributed by atoms with E-state index in [0.29, 0.717) is 0 Å². The average Bonchev–Trinajstić information content (AvgIpc) is 2.41. The van der Waals surface area contributed by atoms with E-state index in [1.54, 1.807) is 11.9 Å².